The van der Waals surface area contributed by atoms with Crippen molar-refractivity contribution in [3.05, 3.63) is 0 Å². The first-order chi connectivity index (χ1) is 4.00. The molecule has 0 unspecified atom stereocenters. The van der Waals surface area contributed by atoms with Gasteiger partial charge < -0.3 is 5.48 Å². The molecule has 0 aromatic rings. The van der Waals surface area contributed by atoms with Crippen LogP contribution in [0, 0.1) is 0 Å². The van der Waals surface area contributed by atoms with Gasteiger partial charge in [-0.1, -0.05) is 69.6 Å². The summed E-state index contributed by atoms with van der Waals surface area (Å²) < 4.78 is -2.17. The average Bonchev–Trinajstić information content (AvgIpc) is 1.12. The molecule has 0 aliphatic carbocycles. The molecule has 72 valence electrons. The molecule has 0 fully saturated rings. The SMILES string of the molecule is CC(Cl)(Cl)Cl.CC(Cl)(Cl)Cl.O. The van der Waals surface area contributed by atoms with Crippen molar-refractivity contribution < 1.29 is 5.48 Å². The Kier molecular flexibility index (Phi) is 12.0. The van der Waals surface area contributed by atoms with Gasteiger partial charge in [0.2, 0.25) is 0 Å². The van der Waals surface area contributed by atoms with Gasteiger partial charge in [0, 0.05) is 0 Å². The Bertz CT molecular complexity index is 57.6. The summed E-state index contributed by atoms with van der Waals surface area (Å²) in [5.41, 5.74) is 0. The van der Waals surface area contributed by atoms with Gasteiger partial charge in [0.15, 0.2) is 7.59 Å². The fourth-order valence-corrected chi connectivity index (χ4v) is 0. The van der Waals surface area contributed by atoms with Gasteiger partial charge in [-0.3, -0.25) is 0 Å². The highest BCUT2D eigenvalue weighted by Crippen LogP contribution is 2.23. The molecule has 1 nitrogen and oxygen atoms in total. The van der Waals surface area contributed by atoms with Crippen LogP contribution in [0.2, 0.25) is 0 Å². The van der Waals surface area contributed by atoms with E-state index in [1.165, 1.54) is 13.8 Å². The third-order valence-corrected chi connectivity index (χ3v) is 0. The molecule has 0 aliphatic rings. The van der Waals surface area contributed by atoms with Crippen molar-refractivity contribution >= 4 is 69.6 Å². The van der Waals surface area contributed by atoms with E-state index in [9.17, 15) is 0 Å². The van der Waals surface area contributed by atoms with E-state index in [1.807, 2.05) is 0 Å². The summed E-state index contributed by atoms with van der Waals surface area (Å²) >= 11 is 30.4. The van der Waals surface area contributed by atoms with Crippen molar-refractivity contribution in [3.63, 3.8) is 0 Å². The van der Waals surface area contributed by atoms with E-state index in [0.29, 0.717) is 0 Å². The number of halogens is 6. The van der Waals surface area contributed by atoms with Gasteiger partial charge in [0.25, 0.3) is 0 Å². The molecule has 0 amide bonds. The molecule has 0 aromatic heterocycles. The number of rotatable bonds is 0. The van der Waals surface area contributed by atoms with Crippen molar-refractivity contribution in [2.45, 2.75) is 21.4 Å². The highest BCUT2D eigenvalue weighted by atomic mass is 35.6. The number of hydrogen-bond donors (Lipinski definition) is 0. The van der Waals surface area contributed by atoms with Crippen LogP contribution in [0.5, 0.6) is 0 Å². The highest BCUT2D eigenvalue weighted by molar-refractivity contribution is 6.67. The van der Waals surface area contributed by atoms with Gasteiger partial charge in [-0.2, -0.15) is 0 Å². The van der Waals surface area contributed by atoms with Crippen LogP contribution in [0.25, 0.3) is 0 Å². The van der Waals surface area contributed by atoms with Crippen LogP contribution in [0.3, 0.4) is 0 Å². The zero-order valence-corrected chi connectivity index (χ0v) is 10.3. The highest BCUT2D eigenvalue weighted by Gasteiger charge is 2.07. The zero-order valence-electron chi connectivity index (χ0n) is 5.77. The lowest BCUT2D eigenvalue weighted by Gasteiger charge is -1.94. The van der Waals surface area contributed by atoms with E-state index in [2.05, 4.69) is 0 Å². The lowest BCUT2D eigenvalue weighted by Crippen LogP contribution is -1.87. The Morgan fingerprint density at radius 1 is 0.636 bits per heavy atom. The van der Waals surface area contributed by atoms with Crippen LogP contribution >= 0.6 is 69.6 Å². The van der Waals surface area contributed by atoms with Gasteiger partial charge in [0.05, 0.1) is 0 Å². The predicted octanol–water partition coefficient (Wildman–Crippen LogP) is 3.93. The van der Waals surface area contributed by atoms with E-state index < -0.39 is 7.59 Å². The maximum absolute atomic E-state index is 5.06. The first kappa shape index (κ1) is 18.5. The quantitative estimate of drug-likeness (QED) is 0.604. The molecular formula is C4H8Cl6O. The minimum Gasteiger partial charge on any atom is -0.412 e. The second kappa shape index (κ2) is 7.14. The summed E-state index contributed by atoms with van der Waals surface area (Å²) in [6.07, 6.45) is 0. The van der Waals surface area contributed by atoms with Gasteiger partial charge in [0.1, 0.15) is 0 Å². The molecule has 2 N–H and O–H groups in total. The van der Waals surface area contributed by atoms with Crippen LogP contribution in [0.4, 0.5) is 0 Å². The summed E-state index contributed by atoms with van der Waals surface area (Å²) in [6.45, 7) is 2.97. The van der Waals surface area contributed by atoms with E-state index in [1.54, 1.807) is 0 Å². The molecule has 0 aromatic carbocycles. The molecule has 0 bridgehead atoms. The van der Waals surface area contributed by atoms with Crippen molar-refractivity contribution in [2.24, 2.45) is 0 Å². The minimum absolute atomic E-state index is 0. The fourth-order valence-electron chi connectivity index (χ4n) is 0. The summed E-state index contributed by atoms with van der Waals surface area (Å²) in [6, 6.07) is 0. The summed E-state index contributed by atoms with van der Waals surface area (Å²) in [4.78, 5) is 0. The minimum atomic E-state index is -1.08. The molecule has 0 rings (SSSR count). The van der Waals surface area contributed by atoms with E-state index in [4.69, 9.17) is 69.6 Å². The lowest BCUT2D eigenvalue weighted by atomic mass is 10.9. The van der Waals surface area contributed by atoms with Gasteiger partial charge >= 0.3 is 0 Å². The lowest BCUT2D eigenvalue weighted by molar-refractivity contribution is 0.824. The molecule has 0 saturated carbocycles. The topological polar surface area (TPSA) is 31.5 Å². The van der Waals surface area contributed by atoms with Gasteiger partial charge in [-0.05, 0) is 13.8 Å². The number of hydrogen-bond acceptors (Lipinski definition) is 0. The van der Waals surface area contributed by atoms with Crippen LogP contribution in [0.15, 0.2) is 0 Å². The Morgan fingerprint density at radius 3 is 0.636 bits per heavy atom. The summed E-state index contributed by atoms with van der Waals surface area (Å²) in [5, 5.41) is 0. The molecule has 7 heteroatoms. The second-order valence-electron chi connectivity index (χ2n) is 1.56. The standard InChI is InChI=1S/2C2H3Cl3.H2O/c2*1-2(3,4)5;/h2*1H3;1H2. The van der Waals surface area contributed by atoms with E-state index in [0.717, 1.165) is 0 Å². The second-order valence-corrected chi connectivity index (χ2v) is 7.26. The Balaban J connectivity index is -0.000000107. The predicted molar refractivity (Wildman–Crippen MR) is 55.5 cm³/mol. The van der Waals surface area contributed by atoms with Crippen LogP contribution in [0.1, 0.15) is 13.8 Å². The Labute approximate surface area is 96.1 Å². The van der Waals surface area contributed by atoms with Crippen molar-refractivity contribution in [3.8, 4) is 0 Å². The molecule has 0 saturated heterocycles. The molecule has 0 atom stereocenters. The normalized spacial score (nSPS) is 10.9. The van der Waals surface area contributed by atoms with Gasteiger partial charge in [-0.25, -0.2) is 0 Å². The van der Waals surface area contributed by atoms with E-state index in [-0.39, 0.29) is 5.48 Å². The molecule has 11 heavy (non-hydrogen) atoms. The van der Waals surface area contributed by atoms with Crippen molar-refractivity contribution in [2.75, 3.05) is 0 Å². The maximum Gasteiger partial charge on any atom is 0.187 e. The average molecular weight is 285 g/mol. The van der Waals surface area contributed by atoms with Crippen molar-refractivity contribution in [1.82, 2.24) is 0 Å². The van der Waals surface area contributed by atoms with Crippen LogP contribution < -0.4 is 0 Å². The fraction of sp³-hybridized carbons (Fsp3) is 1.00. The Morgan fingerprint density at radius 2 is 0.636 bits per heavy atom. The zero-order chi connectivity index (χ0) is 9.00. The summed E-state index contributed by atoms with van der Waals surface area (Å²) in [5.74, 6) is 0. The molecule has 0 spiro atoms. The third-order valence-electron chi connectivity index (χ3n) is 0. The number of alkyl halides is 6. The van der Waals surface area contributed by atoms with Crippen LogP contribution in [-0.2, 0) is 0 Å². The summed E-state index contributed by atoms with van der Waals surface area (Å²) in [7, 11) is 0. The monoisotopic (exact) mass is 282 g/mol. The van der Waals surface area contributed by atoms with Crippen LogP contribution in [-0.4, -0.2) is 13.1 Å². The van der Waals surface area contributed by atoms with E-state index >= 15 is 0 Å². The smallest absolute Gasteiger partial charge is 0.187 e. The third kappa shape index (κ3) is 381. The largest absolute Gasteiger partial charge is 0.412 e. The molecule has 0 radical (unpaired) electrons. The van der Waals surface area contributed by atoms with Gasteiger partial charge in [-0.15, -0.1) is 0 Å². The molecular weight excluding hydrogens is 277 g/mol. The first-order valence-corrected chi connectivity index (χ1v) is 4.40. The molecule has 0 heterocycles. The van der Waals surface area contributed by atoms with Crippen molar-refractivity contribution in [1.29, 1.82) is 0 Å². The molecule has 0 aliphatic heterocycles. The Hall–Kier alpha value is 1.70. The first-order valence-electron chi connectivity index (χ1n) is 2.13. The maximum atomic E-state index is 5.06.